The van der Waals surface area contributed by atoms with Crippen molar-refractivity contribution >= 4 is 40.8 Å². The van der Waals surface area contributed by atoms with Crippen molar-refractivity contribution in [3.8, 4) is 0 Å². The van der Waals surface area contributed by atoms with Gasteiger partial charge in [0, 0.05) is 42.3 Å². The quantitative estimate of drug-likeness (QED) is 0.546. The van der Waals surface area contributed by atoms with Crippen molar-refractivity contribution in [1.82, 2.24) is 4.90 Å². The molecule has 2 aromatic carbocycles. The first-order valence-corrected chi connectivity index (χ1v) is 12.1. The molecule has 0 bridgehead atoms. The minimum Gasteiger partial charge on any atom is -0.478 e. The van der Waals surface area contributed by atoms with E-state index in [1.165, 1.54) is 42.7 Å². The van der Waals surface area contributed by atoms with Crippen molar-refractivity contribution < 1.29 is 19.8 Å². The average molecular weight is 489 g/mol. The zero-order valence-electron chi connectivity index (χ0n) is 18.1. The Kier molecular flexibility index (Phi) is 5.90. The lowest BCUT2D eigenvalue weighted by Gasteiger charge is -2.27. The van der Waals surface area contributed by atoms with Gasteiger partial charge in [0.25, 0.3) is 5.91 Å². The van der Waals surface area contributed by atoms with Crippen LogP contribution in [0.25, 0.3) is 0 Å². The molecule has 6 nitrogen and oxygen atoms in total. The SMILES string of the molecule is O=C(O)c1cc(Cl)c2c(c1)N(CCN(CC1CC1)CC1CC1)C(=O)C2(O)c1ccccc1Cl. The van der Waals surface area contributed by atoms with Crippen molar-refractivity contribution in [2.45, 2.75) is 31.3 Å². The third-order valence-corrected chi connectivity index (χ3v) is 7.48. The highest BCUT2D eigenvalue weighted by atomic mass is 35.5. The average Bonchev–Trinajstić information content (AvgIpc) is 3.70. The van der Waals surface area contributed by atoms with E-state index in [0.29, 0.717) is 18.8 Å². The molecule has 1 heterocycles. The Labute approximate surface area is 202 Å². The molecule has 1 aliphatic heterocycles. The lowest BCUT2D eigenvalue weighted by molar-refractivity contribution is -0.132. The van der Waals surface area contributed by atoms with Crippen LogP contribution >= 0.6 is 23.2 Å². The summed E-state index contributed by atoms with van der Waals surface area (Å²) in [5.41, 5.74) is -1.38. The van der Waals surface area contributed by atoms with Crippen LogP contribution in [0, 0.1) is 11.8 Å². The number of aromatic carboxylic acids is 1. The normalized spacial score (nSPS) is 22.2. The van der Waals surface area contributed by atoms with Crippen LogP contribution in [-0.2, 0) is 10.4 Å². The summed E-state index contributed by atoms with van der Waals surface area (Å²) in [6, 6.07) is 9.31. The number of nitrogens with zero attached hydrogens (tertiary/aromatic N) is 2. The number of halogens is 2. The van der Waals surface area contributed by atoms with Crippen LogP contribution in [0.15, 0.2) is 36.4 Å². The van der Waals surface area contributed by atoms with Gasteiger partial charge in [0.1, 0.15) is 0 Å². The van der Waals surface area contributed by atoms with Gasteiger partial charge in [-0.05, 0) is 55.7 Å². The van der Waals surface area contributed by atoms with E-state index in [0.717, 1.165) is 24.9 Å². The maximum atomic E-state index is 13.7. The third kappa shape index (κ3) is 4.26. The lowest BCUT2D eigenvalue weighted by atomic mass is 9.87. The molecule has 2 N–H and O–H groups in total. The van der Waals surface area contributed by atoms with E-state index in [2.05, 4.69) is 4.90 Å². The molecule has 2 aromatic rings. The van der Waals surface area contributed by atoms with Crippen LogP contribution in [0.4, 0.5) is 5.69 Å². The second kappa shape index (κ2) is 8.58. The largest absolute Gasteiger partial charge is 0.478 e. The molecule has 33 heavy (non-hydrogen) atoms. The number of aliphatic hydroxyl groups is 1. The minimum absolute atomic E-state index is 0.0241. The Morgan fingerprint density at radius 3 is 2.27 bits per heavy atom. The van der Waals surface area contributed by atoms with Crippen LogP contribution in [0.1, 0.15) is 47.2 Å². The van der Waals surface area contributed by atoms with Gasteiger partial charge in [0.15, 0.2) is 5.60 Å². The number of carbonyl (C=O) groups excluding carboxylic acids is 1. The Hall–Kier alpha value is -2.12. The summed E-state index contributed by atoms with van der Waals surface area (Å²) in [4.78, 5) is 29.3. The minimum atomic E-state index is -2.08. The molecule has 0 saturated heterocycles. The topological polar surface area (TPSA) is 81.1 Å². The van der Waals surface area contributed by atoms with E-state index >= 15 is 0 Å². The molecule has 0 spiro atoms. The smallest absolute Gasteiger partial charge is 0.335 e. The number of amides is 1. The lowest BCUT2D eigenvalue weighted by Crippen LogP contribution is -2.44. The highest BCUT2D eigenvalue weighted by Gasteiger charge is 2.53. The van der Waals surface area contributed by atoms with Crippen molar-refractivity contribution in [3.63, 3.8) is 0 Å². The van der Waals surface area contributed by atoms with Crippen LogP contribution < -0.4 is 4.90 Å². The van der Waals surface area contributed by atoms with Gasteiger partial charge in [-0.15, -0.1) is 0 Å². The van der Waals surface area contributed by atoms with Gasteiger partial charge in [-0.2, -0.15) is 0 Å². The standard InChI is InChI=1S/C25H26Cl2N2O4/c26-19-4-2-1-3-18(19)25(33)22-20(27)11-17(23(30)31)12-21(22)29(24(25)32)10-9-28(13-15-5-6-15)14-16-7-8-16/h1-4,11-12,15-16,33H,5-10,13-14H2,(H,30,31). The first-order chi connectivity index (χ1) is 15.8. The van der Waals surface area contributed by atoms with Crippen molar-refractivity contribution in [1.29, 1.82) is 0 Å². The zero-order chi connectivity index (χ0) is 23.3. The Morgan fingerprint density at radius 2 is 1.70 bits per heavy atom. The Morgan fingerprint density at radius 1 is 1.06 bits per heavy atom. The molecule has 3 aliphatic rings. The summed E-state index contributed by atoms with van der Waals surface area (Å²) >= 11 is 12.9. The second-order valence-corrected chi connectivity index (χ2v) is 10.3. The fourth-order valence-corrected chi connectivity index (χ4v) is 5.38. The molecular weight excluding hydrogens is 463 g/mol. The summed E-state index contributed by atoms with van der Waals surface area (Å²) in [5.74, 6) is -0.269. The molecule has 174 valence electrons. The maximum Gasteiger partial charge on any atom is 0.335 e. The fourth-order valence-electron chi connectivity index (χ4n) is 4.75. The van der Waals surface area contributed by atoms with E-state index in [1.54, 1.807) is 24.3 Å². The Bertz CT molecular complexity index is 1100. The second-order valence-electron chi connectivity index (χ2n) is 9.45. The third-order valence-electron chi connectivity index (χ3n) is 6.85. The summed E-state index contributed by atoms with van der Waals surface area (Å²) in [6.45, 7) is 3.00. The zero-order valence-corrected chi connectivity index (χ0v) is 19.6. The Balaban J connectivity index is 1.52. The molecule has 8 heteroatoms. The van der Waals surface area contributed by atoms with E-state index in [4.69, 9.17) is 23.2 Å². The van der Waals surface area contributed by atoms with Crippen molar-refractivity contribution in [2.75, 3.05) is 31.1 Å². The van der Waals surface area contributed by atoms with Gasteiger partial charge >= 0.3 is 5.97 Å². The highest BCUT2D eigenvalue weighted by Crippen LogP contribution is 2.50. The number of carboxylic acid groups (broad SMARTS) is 1. The monoisotopic (exact) mass is 488 g/mol. The first kappa shape index (κ1) is 22.7. The number of anilines is 1. The van der Waals surface area contributed by atoms with E-state index in [-0.39, 0.29) is 26.7 Å². The molecule has 2 fully saturated rings. The number of rotatable bonds is 9. The van der Waals surface area contributed by atoms with Crippen LogP contribution in [0.5, 0.6) is 0 Å². The number of fused-ring (bicyclic) bond motifs is 1. The summed E-state index contributed by atoms with van der Waals surface area (Å²) in [6.07, 6.45) is 4.99. The first-order valence-electron chi connectivity index (χ1n) is 11.4. The van der Waals surface area contributed by atoms with E-state index in [9.17, 15) is 19.8 Å². The van der Waals surface area contributed by atoms with Crippen LogP contribution in [-0.4, -0.2) is 53.2 Å². The summed E-state index contributed by atoms with van der Waals surface area (Å²) in [7, 11) is 0. The van der Waals surface area contributed by atoms with Gasteiger partial charge in [-0.25, -0.2) is 4.79 Å². The molecule has 1 atom stereocenters. The van der Waals surface area contributed by atoms with Gasteiger partial charge in [0.05, 0.1) is 16.3 Å². The van der Waals surface area contributed by atoms with Crippen LogP contribution in [0.3, 0.4) is 0 Å². The molecule has 5 rings (SSSR count). The highest BCUT2D eigenvalue weighted by molar-refractivity contribution is 6.35. The maximum absolute atomic E-state index is 13.7. The van der Waals surface area contributed by atoms with E-state index in [1.807, 2.05) is 0 Å². The predicted octanol–water partition coefficient (Wildman–Crippen LogP) is 4.40. The molecule has 1 amide bonds. The molecule has 2 saturated carbocycles. The summed E-state index contributed by atoms with van der Waals surface area (Å²) < 4.78 is 0. The molecular formula is C25H26Cl2N2O4. The van der Waals surface area contributed by atoms with Gasteiger partial charge in [0.2, 0.25) is 0 Å². The summed E-state index contributed by atoms with van der Waals surface area (Å²) in [5, 5.41) is 21.6. The number of carboxylic acids is 1. The number of carbonyl (C=O) groups is 2. The van der Waals surface area contributed by atoms with Gasteiger partial charge in [-0.3, -0.25) is 4.79 Å². The predicted molar refractivity (Wildman–Crippen MR) is 127 cm³/mol. The molecule has 0 radical (unpaired) electrons. The number of hydrogen-bond acceptors (Lipinski definition) is 4. The van der Waals surface area contributed by atoms with E-state index < -0.39 is 17.5 Å². The fraction of sp³-hybridized carbons (Fsp3) is 0.440. The van der Waals surface area contributed by atoms with Gasteiger partial charge < -0.3 is 20.0 Å². The number of benzene rings is 2. The van der Waals surface area contributed by atoms with Gasteiger partial charge in [-0.1, -0.05) is 41.4 Å². The van der Waals surface area contributed by atoms with Crippen LogP contribution in [0.2, 0.25) is 10.0 Å². The molecule has 1 unspecified atom stereocenters. The van der Waals surface area contributed by atoms with Crippen molar-refractivity contribution in [3.05, 3.63) is 63.1 Å². The molecule has 2 aliphatic carbocycles. The van der Waals surface area contributed by atoms with Crippen molar-refractivity contribution in [2.24, 2.45) is 11.8 Å². The molecule has 0 aromatic heterocycles. The number of hydrogen-bond donors (Lipinski definition) is 2.